The summed E-state index contributed by atoms with van der Waals surface area (Å²) in [6, 6.07) is 9.43. The number of carbonyl (C=O) groups excluding carboxylic acids is 1. The normalized spacial score (nSPS) is 16.7. The van der Waals surface area contributed by atoms with Gasteiger partial charge in [0.2, 0.25) is 0 Å². The molecule has 0 radical (unpaired) electrons. The number of benzene rings is 1. The Morgan fingerprint density at radius 3 is 2.59 bits per heavy atom. The van der Waals surface area contributed by atoms with E-state index in [1.165, 1.54) is 4.57 Å². The number of aromatic nitrogens is 3. The Balaban J connectivity index is 1.33. The van der Waals surface area contributed by atoms with Crippen LogP contribution in [0, 0.1) is 5.41 Å². The number of anilines is 1. The van der Waals surface area contributed by atoms with E-state index in [-0.39, 0.29) is 17.6 Å². The van der Waals surface area contributed by atoms with Gasteiger partial charge in [-0.25, -0.2) is 9.36 Å². The van der Waals surface area contributed by atoms with E-state index in [1.54, 1.807) is 37.6 Å². The second-order valence-electron chi connectivity index (χ2n) is 11.2. The lowest BCUT2D eigenvalue weighted by Gasteiger charge is -2.56. The highest BCUT2D eigenvalue weighted by molar-refractivity contribution is 5.93. The summed E-state index contributed by atoms with van der Waals surface area (Å²) < 4.78 is 14.0. The minimum atomic E-state index is -0.675. The van der Waals surface area contributed by atoms with Gasteiger partial charge in [0.25, 0.3) is 5.56 Å². The first-order chi connectivity index (χ1) is 17.7. The van der Waals surface area contributed by atoms with Crippen LogP contribution in [0.3, 0.4) is 0 Å². The molecule has 2 aliphatic heterocycles. The number of fused-ring (bicyclic) bond motifs is 2. The molecule has 0 saturated carbocycles. The van der Waals surface area contributed by atoms with Gasteiger partial charge in [-0.05, 0) is 44.5 Å². The maximum atomic E-state index is 13.4. The van der Waals surface area contributed by atoms with Crippen LogP contribution in [-0.2, 0) is 22.6 Å². The molecule has 6 rings (SSSR count). The third-order valence-corrected chi connectivity index (χ3v) is 7.12. The van der Waals surface area contributed by atoms with Gasteiger partial charge in [-0.1, -0.05) is 12.1 Å². The third-order valence-electron chi connectivity index (χ3n) is 7.12. The van der Waals surface area contributed by atoms with Gasteiger partial charge < -0.3 is 24.0 Å². The van der Waals surface area contributed by atoms with Gasteiger partial charge in [0.15, 0.2) is 0 Å². The molecule has 9 heteroatoms. The highest BCUT2D eigenvalue weighted by Gasteiger charge is 2.49. The number of hydrogen-bond acceptors (Lipinski definition) is 7. The van der Waals surface area contributed by atoms with Crippen LogP contribution in [0.2, 0.25) is 0 Å². The number of aliphatic hydroxyl groups excluding tert-OH is 1. The van der Waals surface area contributed by atoms with E-state index in [1.807, 2.05) is 36.7 Å². The first-order valence-electron chi connectivity index (χ1n) is 12.4. The molecule has 5 heterocycles. The highest BCUT2D eigenvalue weighted by Crippen LogP contribution is 2.41. The molecule has 0 aliphatic carbocycles. The van der Waals surface area contributed by atoms with Gasteiger partial charge in [-0.2, -0.15) is 0 Å². The zero-order valence-corrected chi connectivity index (χ0v) is 21.2. The van der Waals surface area contributed by atoms with Crippen molar-refractivity contribution in [2.75, 3.05) is 31.2 Å². The van der Waals surface area contributed by atoms with E-state index in [9.17, 15) is 14.7 Å². The van der Waals surface area contributed by atoms with E-state index in [2.05, 4.69) is 9.88 Å². The molecule has 9 nitrogen and oxygen atoms in total. The van der Waals surface area contributed by atoms with Crippen molar-refractivity contribution in [3.63, 3.8) is 0 Å². The lowest BCUT2D eigenvalue weighted by atomic mass is 9.77. The number of pyridine rings is 2. The van der Waals surface area contributed by atoms with Gasteiger partial charge in [0.05, 0.1) is 60.3 Å². The zero-order valence-electron chi connectivity index (χ0n) is 21.2. The molecule has 0 amide bonds. The Kier molecular flexibility index (Phi) is 5.40. The average Bonchev–Trinajstić information content (AvgIpc) is 3.16. The summed E-state index contributed by atoms with van der Waals surface area (Å²) in [5, 5.41) is 12.1. The van der Waals surface area contributed by atoms with Crippen LogP contribution in [0.4, 0.5) is 10.5 Å². The fourth-order valence-corrected chi connectivity index (χ4v) is 5.31. The molecule has 0 unspecified atom stereocenters. The molecule has 0 bridgehead atoms. The molecule has 37 heavy (non-hydrogen) atoms. The Labute approximate surface area is 213 Å². The first kappa shape index (κ1) is 23.7. The van der Waals surface area contributed by atoms with Crippen LogP contribution >= 0.6 is 0 Å². The number of nitrogens with zero attached hydrogens (tertiary/aromatic N) is 4. The van der Waals surface area contributed by atoms with Crippen molar-refractivity contribution in [3.05, 3.63) is 70.5 Å². The monoisotopic (exact) mass is 502 g/mol. The summed E-state index contributed by atoms with van der Waals surface area (Å²) >= 11 is 0. The predicted octanol–water partition coefficient (Wildman–Crippen LogP) is 3.51. The minimum Gasteiger partial charge on any atom is -0.443 e. The van der Waals surface area contributed by atoms with Crippen molar-refractivity contribution < 1.29 is 19.4 Å². The van der Waals surface area contributed by atoms with Crippen LogP contribution in [0.1, 0.15) is 32.0 Å². The van der Waals surface area contributed by atoms with Crippen LogP contribution in [-0.4, -0.2) is 57.2 Å². The summed E-state index contributed by atoms with van der Waals surface area (Å²) in [4.78, 5) is 33.0. The van der Waals surface area contributed by atoms with Gasteiger partial charge >= 0.3 is 6.09 Å². The summed E-state index contributed by atoms with van der Waals surface area (Å²) in [6.45, 7) is 8.87. The van der Waals surface area contributed by atoms with Crippen LogP contribution in [0.15, 0.2) is 53.7 Å². The lowest BCUT2D eigenvalue weighted by molar-refractivity contribution is -0.126. The SMILES string of the molecule is CC(C)(C)OC(=O)n1c(CO)cc2ccc(Cn3ccc4c(N5CC6(COC6)C5)cncc4c3=O)cc21. The predicted molar refractivity (Wildman–Crippen MR) is 140 cm³/mol. The average molecular weight is 503 g/mol. The molecule has 2 fully saturated rings. The fourth-order valence-electron chi connectivity index (χ4n) is 5.31. The second kappa shape index (κ2) is 8.43. The van der Waals surface area contributed by atoms with Crippen LogP contribution in [0.5, 0.6) is 0 Å². The van der Waals surface area contributed by atoms with Gasteiger partial charge in [0, 0.05) is 36.3 Å². The number of hydrogen-bond donors (Lipinski definition) is 1. The summed E-state index contributed by atoms with van der Waals surface area (Å²) in [5.41, 5.74) is 2.37. The van der Waals surface area contributed by atoms with Crippen LogP contribution in [0.25, 0.3) is 21.7 Å². The van der Waals surface area contributed by atoms with Crippen molar-refractivity contribution in [1.29, 1.82) is 0 Å². The van der Waals surface area contributed by atoms with Crippen molar-refractivity contribution in [3.8, 4) is 0 Å². The molecule has 192 valence electrons. The van der Waals surface area contributed by atoms with Gasteiger partial charge in [-0.15, -0.1) is 0 Å². The largest absolute Gasteiger partial charge is 0.443 e. The number of aliphatic hydroxyl groups is 1. The van der Waals surface area contributed by atoms with Gasteiger partial charge in [0.1, 0.15) is 5.60 Å². The molecule has 0 atom stereocenters. The number of ether oxygens (including phenoxy) is 2. The third kappa shape index (κ3) is 4.08. The summed E-state index contributed by atoms with van der Waals surface area (Å²) in [5.74, 6) is 0. The molecule has 1 N–H and O–H groups in total. The zero-order chi connectivity index (χ0) is 25.9. The smallest absolute Gasteiger partial charge is 0.419 e. The molecular weight excluding hydrogens is 472 g/mol. The highest BCUT2D eigenvalue weighted by atomic mass is 16.6. The lowest BCUT2D eigenvalue weighted by Crippen LogP contribution is -2.66. The minimum absolute atomic E-state index is 0.118. The molecule has 2 saturated heterocycles. The topological polar surface area (TPSA) is 98.8 Å². The summed E-state index contributed by atoms with van der Waals surface area (Å²) in [6.07, 6.45) is 4.72. The Morgan fingerprint density at radius 2 is 1.92 bits per heavy atom. The Bertz CT molecular complexity index is 1580. The molecule has 1 aromatic carbocycles. The number of carbonyl (C=O) groups is 1. The molecule has 4 aromatic rings. The van der Waals surface area contributed by atoms with Crippen molar-refractivity contribution in [2.45, 2.75) is 39.5 Å². The van der Waals surface area contributed by atoms with Crippen molar-refractivity contribution in [1.82, 2.24) is 14.1 Å². The standard InChI is InChI=1S/C28H30N4O5/c1-27(2,3)37-26(35)32-20(13-33)9-19-5-4-18(8-23(19)32)12-30-7-6-21-22(25(30)34)10-29-11-24(21)31-14-28(15-31)16-36-17-28/h4-11,33H,12-17H2,1-3H3. The number of rotatable bonds is 4. The van der Waals surface area contributed by atoms with E-state index in [0.29, 0.717) is 23.1 Å². The maximum absolute atomic E-state index is 13.4. The second-order valence-corrected chi connectivity index (χ2v) is 11.2. The Hall–Kier alpha value is -3.69. The summed E-state index contributed by atoms with van der Waals surface area (Å²) in [7, 11) is 0. The Morgan fingerprint density at radius 1 is 1.14 bits per heavy atom. The van der Waals surface area contributed by atoms with Gasteiger partial charge in [-0.3, -0.25) is 9.78 Å². The molecular formula is C28H30N4O5. The quantitative estimate of drug-likeness (QED) is 0.456. The fraction of sp³-hybridized carbons (Fsp3) is 0.393. The molecule has 2 aliphatic rings. The van der Waals surface area contributed by atoms with E-state index >= 15 is 0 Å². The van der Waals surface area contributed by atoms with Crippen molar-refractivity contribution in [2.24, 2.45) is 5.41 Å². The van der Waals surface area contributed by atoms with Crippen molar-refractivity contribution >= 4 is 33.5 Å². The van der Waals surface area contributed by atoms with Crippen LogP contribution < -0.4 is 10.5 Å². The van der Waals surface area contributed by atoms with E-state index < -0.39 is 11.7 Å². The first-order valence-corrected chi connectivity index (χ1v) is 12.4. The van der Waals surface area contributed by atoms with E-state index in [4.69, 9.17) is 9.47 Å². The molecule has 3 aromatic heterocycles. The molecule has 1 spiro atoms. The van der Waals surface area contributed by atoms with E-state index in [0.717, 1.165) is 48.3 Å². The maximum Gasteiger partial charge on any atom is 0.419 e.